The van der Waals surface area contributed by atoms with Crippen molar-refractivity contribution in [3.8, 4) is 11.5 Å². The summed E-state index contributed by atoms with van der Waals surface area (Å²) in [7, 11) is 0. The zero-order chi connectivity index (χ0) is 14.9. The Morgan fingerprint density at radius 1 is 1.36 bits per heavy atom. The fourth-order valence-corrected chi connectivity index (χ4v) is 3.13. The molecule has 0 aliphatic heterocycles. The van der Waals surface area contributed by atoms with Crippen LogP contribution in [0.15, 0.2) is 40.5 Å². The predicted octanol–water partition coefficient (Wildman–Crippen LogP) is 2.98. The summed E-state index contributed by atoms with van der Waals surface area (Å²) >= 11 is 1.64. The van der Waals surface area contributed by atoms with E-state index in [-0.39, 0.29) is 0 Å². The molecule has 4 aromatic rings. The zero-order valence-electron chi connectivity index (χ0n) is 12.0. The number of imidazole rings is 1. The maximum atomic E-state index is 5.65. The van der Waals surface area contributed by atoms with Crippen LogP contribution < -0.4 is 5.32 Å². The highest BCUT2D eigenvalue weighted by molar-refractivity contribution is 7.15. The maximum Gasteiger partial charge on any atom is 0.193 e. The van der Waals surface area contributed by atoms with Crippen molar-refractivity contribution in [1.82, 2.24) is 24.9 Å². The van der Waals surface area contributed by atoms with E-state index in [1.807, 2.05) is 47.4 Å². The molecule has 0 aromatic carbocycles. The van der Waals surface area contributed by atoms with Gasteiger partial charge in [-0.2, -0.15) is 5.10 Å². The van der Waals surface area contributed by atoms with Crippen LogP contribution in [-0.2, 0) is 13.1 Å². The molecular weight excluding hydrogens is 298 g/mol. The molecule has 4 aromatic heterocycles. The second kappa shape index (κ2) is 5.43. The van der Waals surface area contributed by atoms with Crippen molar-refractivity contribution < 1.29 is 4.42 Å². The molecule has 2 N–H and O–H groups in total. The number of hydrogen-bond acceptors (Lipinski definition) is 5. The summed E-state index contributed by atoms with van der Waals surface area (Å²) in [5.74, 6) is 1.70. The van der Waals surface area contributed by atoms with Gasteiger partial charge in [0.1, 0.15) is 11.5 Å². The van der Waals surface area contributed by atoms with Gasteiger partial charge in [0.15, 0.2) is 10.7 Å². The Morgan fingerprint density at radius 3 is 3.14 bits per heavy atom. The molecule has 22 heavy (non-hydrogen) atoms. The van der Waals surface area contributed by atoms with Crippen LogP contribution >= 0.6 is 11.3 Å². The summed E-state index contributed by atoms with van der Waals surface area (Å²) in [4.78, 5) is 5.57. The molecule has 0 radical (unpaired) electrons. The molecule has 0 fully saturated rings. The minimum absolute atomic E-state index is 0.705. The Bertz CT molecular complexity index is 871. The molecule has 0 atom stereocenters. The Hall–Kier alpha value is -2.38. The number of aryl methyl sites for hydroxylation is 1. The van der Waals surface area contributed by atoms with Gasteiger partial charge in [-0.15, -0.1) is 11.3 Å². The van der Waals surface area contributed by atoms with Crippen LogP contribution in [0.4, 0.5) is 0 Å². The van der Waals surface area contributed by atoms with Crippen LogP contribution in [0.2, 0.25) is 0 Å². The van der Waals surface area contributed by atoms with Gasteiger partial charge in [0.25, 0.3) is 0 Å². The molecule has 0 amide bonds. The molecule has 0 saturated carbocycles. The van der Waals surface area contributed by atoms with E-state index < -0.39 is 0 Å². The van der Waals surface area contributed by atoms with Gasteiger partial charge in [-0.1, -0.05) is 0 Å². The number of fused-ring (bicyclic) bond motifs is 1. The highest BCUT2D eigenvalue weighted by Crippen LogP contribution is 2.23. The van der Waals surface area contributed by atoms with E-state index in [0.717, 1.165) is 40.0 Å². The van der Waals surface area contributed by atoms with Crippen molar-refractivity contribution in [3.05, 3.63) is 53.1 Å². The summed E-state index contributed by atoms with van der Waals surface area (Å²) < 4.78 is 7.69. The van der Waals surface area contributed by atoms with E-state index in [4.69, 9.17) is 4.42 Å². The van der Waals surface area contributed by atoms with E-state index in [2.05, 4.69) is 20.5 Å². The Labute approximate surface area is 130 Å². The second-order valence-corrected chi connectivity index (χ2v) is 5.98. The van der Waals surface area contributed by atoms with E-state index in [9.17, 15) is 0 Å². The molecule has 4 rings (SSSR count). The minimum Gasteiger partial charge on any atom is -0.460 e. The first-order valence-corrected chi connectivity index (χ1v) is 7.88. The number of rotatable bonds is 5. The normalized spacial score (nSPS) is 11.5. The molecule has 0 aliphatic carbocycles. The van der Waals surface area contributed by atoms with Crippen molar-refractivity contribution in [2.75, 3.05) is 0 Å². The van der Waals surface area contributed by atoms with Gasteiger partial charge >= 0.3 is 0 Å². The van der Waals surface area contributed by atoms with Gasteiger partial charge in [-0.05, 0) is 19.1 Å². The molecule has 0 spiro atoms. The monoisotopic (exact) mass is 313 g/mol. The summed E-state index contributed by atoms with van der Waals surface area (Å²) in [6.45, 7) is 3.36. The fourth-order valence-electron chi connectivity index (χ4n) is 2.41. The summed E-state index contributed by atoms with van der Waals surface area (Å²) in [5.41, 5.74) is 3.03. The Balaban J connectivity index is 1.44. The lowest BCUT2D eigenvalue weighted by Gasteiger charge is -2.02. The van der Waals surface area contributed by atoms with E-state index >= 15 is 0 Å². The van der Waals surface area contributed by atoms with Crippen molar-refractivity contribution in [2.45, 2.75) is 20.0 Å². The first-order valence-electron chi connectivity index (χ1n) is 7.00. The van der Waals surface area contributed by atoms with Crippen molar-refractivity contribution in [2.24, 2.45) is 0 Å². The lowest BCUT2D eigenvalue weighted by atomic mass is 10.2. The third kappa shape index (κ3) is 2.44. The van der Waals surface area contributed by atoms with Crippen molar-refractivity contribution in [1.29, 1.82) is 0 Å². The van der Waals surface area contributed by atoms with Crippen LogP contribution in [0.1, 0.15) is 17.0 Å². The lowest BCUT2D eigenvalue weighted by Crippen LogP contribution is -2.13. The number of aromatic nitrogens is 4. The largest absolute Gasteiger partial charge is 0.460 e. The second-order valence-electron chi connectivity index (χ2n) is 5.11. The molecule has 7 heteroatoms. The topological polar surface area (TPSA) is 71.2 Å². The van der Waals surface area contributed by atoms with Gasteiger partial charge in [-0.3, -0.25) is 9.50 Å². The Kier molecular flexibility index (Phi) is 3.28. The third-order valence-corrected chi connectivity index (χ3v) is 4.24. The summed E-state index contributed by atoms with van der Waals surface area (Å²) in [6, 6.07) is 3.90. The number of H-pyrrole nitrogens is 1. The number of nitrogens with one attached hydrogen (secondary N) is 2. The number of hydrogen-bond donors (Lipinski definition) is 2. The smallest absolute Gasteiger partial charge is 0.193 e. The molecule has 0 unspecified atom stereocenters. The number of furan rings is 1. The van der Waals surface area contributed by atoms with Gasteiger partial charge in [0.05, 0.1) is 11.9 Å². The highest BCUT2D eigenvalue weighted by Gasteiger charge is 2.11. The van der Waals surface area contributed by atoms with Crippen LogP contribution in [-0.4, -0.2) is 19.6 Å². The van der Waals surface area contributed by atoms with Crippen LogP contribution in [0, 0.1) is 6.92 Å². The molecular formula is C15H15N5OS. The van der Waals surface area contributed by atoms with Crippen molar-refractivity contribution >= 4 is 16.3 Å². The molecule has 112 valence electrons. The number of nitrogens with zero attached hydrogens (tertiary/aromatic N) is 3. The first-order chi connectivity index (χ1) is 10.8. The van der Waals surface area contributed by atoms with E-state index in [0.29, 0.717) is 6.54 Å². The minimum atomic E-state index is 0.705. The number of thiazole rings is 1. The van der Waals surface area contributed by atoms with Crippen LogP contribution in [0.25, 0.3) is 16.4 Å². The summed E-state index contributed by atoms with van der Waals surface area (Å²) in [5, 5.41) is 12.5. The van der Waals surface area contributed by atoms with Gasteiger partial charge in [0, 0.05) is 36.4 Å². The highest BCUT2D eigenvalue weighted by atomic mass is 32.1. The average molecular weight is 313 g/mol. The maximum absolute atomic E-state index is 5.65. The molecule has 0 bridgehead atoms. The summed E-state index contributed by atoms with van der Waals surface area (Å²) in [6.07, 6.45) is 5.89. The van der Waals surface area contributed by atoms with Crippen LogP contribution in [0.3, 0.4) is 0 Å². The SMILES string of the molecule is Cc1ccc(-c2[nH]ncc2CNCc2cn3ccsc3n2)o1. The van der Waals surface area contributed by atoms with Crippen LogP contribution in [0.5, 0.6) is 0 Å². The molecule has 6 nitrogen and oxygen atoms in total. The quantitative estimate of drug-likeness (QED) is 0.594. The molecule has 0 aliphatic rings. The van der Waals surface area contributed by atoms with Gasteiger partial charge in [-0.25, -0.2) is 4.98 Å². The first kappa shape index (κ1) is 13.3. The average Bonchev–Trinajstić information content (AvgIpc) is 3.21. The fraction of sp³-hybridized carbons (Fsp3) is 0.200. The van der Waals surface area contributed by atoms with Crippen molar-refractivity contribution in [3.63, 3.8) is 0 Å². The van der Waals surface area contributed by atoms with Gasteiger partial charge < -0.3 is 9.73 Å². The lowest BCUT2D eigenvalue weighted by molar-refractivity contribution is 0.545. The third-order valence-electron chi connectivity index (χ3n) is 3.47. The standard InChI is InChI=1S/C15H15N5OS/c1-10-2-3-13(21-10)14-11(7-17-19-14)6-16-8-12-9-20-4-5-22-15(20)18-12/h2-5,7,9,16H,6,8H2,1H3,(H,17,19). The van der Waals surface area contributed by atoms with E-state index in [1.54, 1.807) is 11.3 Å². The molecule has 0 saturated heterocycles. The Morgan fingerprint density at radius 2 is 2.32 bits per heavy atom. The molecule has 4 heterocycles. The zero-order valence-corrected chi connectivity index (χ0v) is 12.9. The van der Waals surface area contributed by atoms with Gasteiger partial charge in [0.2, 0.25) is 0 Å². The predicted molar refractivity (Wildman–Crippen MR) is 84.6 cm³/mol. The number of aromatic amines is 1. The van der Waals surface area contributed by atoms with E-state index in [1.165, 1.54) is 0 Å².